The monoisotopic (exact) mass is 270 g/mol. The van der Waals surface area contributed by atoms with E-state index in [1.165, 1.54) is 0 Å². The van der Waals surface area contributed by atoms with E-state index in [0.717, 1.165) is 25.0 Å². The van der Waals surface area contributed by atoms with E-state index in [0.29, 0.717) is 6.42 Å². The van der Waals surface area contributed by atoms with Gasteiger partial charge < -0.3 is 4.34 Å². The van der Waals surface area contributed by atoms with Crippen LogP contribution in [0.5, 0.6) is 0 Å². The average Bonchev–Trinajstić information content (AvgIpc) is 2.12. The Morgan fingerprint density at radius 2 is 1.41 bits per heavy atom. The zero-order valence-corrected chi connectivity index (χ0v) is 14.1. The van der Waals surface area contributed by atoms with Gasteiger partial charge in [-0.3, -0.25) is 4.79 Å². The summed E-state index contributed by atoms with van der Waals surface area (Å²) in [7, 11) is -2.96. The van der Waals surface area contributed by atoms with Crippen molar-refractivity contribution in [2.75, 3.05) is 0 Å². The maximum absolute atomic E-state index is 11.9. The van der Waals surface area contributed by atoms with Gasteiger partial charge in [-0.2, -0.15) is 5.10 Å². The molecule has 0 atom stereocenters. The number of rotatable bonds is 3. The van der Waals surface area contributed by atoms with Gasteiger partial charge in [0.15, 0.2) is 22.3 Å². The van der Waals surface area contributed by atoms with Crippen LogP contribution < -0.4 is 0 Å². The quantitative estimate of drug-likeness (QED) is 0.581. The highest BCUT2D eigenvalue weighted by Gasteiger charge is 2.34. The largest absolute Gasteiger partial charge is 0.349 e. The number of hydrazone groups is 1. The van der Waals surface area contributed by atoms with Crippen LogP contribution in [0.3, 0.4) is 0 Å². The second kappa shape index (κ2) is 5.06. The molecular weight excluding hydrogens is 244 g/mol. The van der Waals surface area contributed by atoms with Crippen LogP contribution >= 0.6 is 0 Å². The first-order valence-corrected chi connectivity index (χ1v) is 13.4. The highest BCUT2D eigenvalue weighted by atomic mass is 28.4. The Balaban J connectivity index is 3.00. The third-order valence-electron chi connectivity index (χ3n) is 2.88. The zero-order valence-electron chi connectivity index (χ0n) is 12.1. The van der Waals surface area contributed by atoms with Crippen molar-refractivity contribution in [1.29, 1.82) is 0 Å². The molecule has 0 N–H and O–H groups in total. The molecule has 0 saturated heterocycles. The molecule has 0 amide bonds. The normalized spacial score (nSPS) is 20.8. The molecule has 1 aliphatic rings. The minimum Gasteiger partial charge on any atom is -0.349 e. The maximum Gasteiger partial charge on any atom is 0.178 e. The Morgan fingerprint density at radius 3 is 1.82 bits per heavy atom. The van der Waals surface area contributed by atoms with E-state index in [4.69, 9.17) is 5.10 Å². The molecule has 0 aromatic carbocycles. The van der Waals surface area contributed by atoms with E-state index in [9.17, 15) is 4.79 Å². The van der Waals surface area contributed by atoms with E-state index >= 15 is 0 Å². The predicted octanol–water partition coefficient (Wildman–Crippen LogP) is 3.46. The third kappa shape index (κ3) is 4.06. The van der Waals surface area contributed by atoms with Crippen molar-refractivity contribution in [1.82, 2.24) is 4.34 Å². The van der Waals surface area contributed by atoms with Gasteiger partial charge in [-0.1, -0.05) is 39.3 Å². The molecule has 0 bridgehead atoms. The summed E-state index contributed by atoms with van der Waals surface area (Å²) in [5.41, 5.74) is 0.834. The number of hydrogen-bond donors (Lipinski definition) is 0. The van der Waals surface area contributed by atoms with Crippen molar-refractivity contribution in [2.24, 2.45) is 5.10 Å². The summed E-state index contributed by atoms with van der Waals surface area (Å²) in [6.45, 7) is 13.8. The first-order valence-electron chi connectivity index (χ1n) is 6.53. The fourth-order valence-corrected chi connectivity index (χ4v) is 11.3. The van der Waals surface area contributed by atoms with Crippen molar-refractivity contribution >= 4 is 28.0 Å². The first-order chi connectivity index (χ1) is 7.62. The van der Waals surface area contributed by atoms with Crippen LogP contribution in [-0.2, 0) is 4.79 Å². The summed E-state index contributed by atoms with van der Waals surface area (Å²) >= 11 is 0. The minimum absolute atomic E-state index is 0.276. The van der Waals surface area contributed by atoms with E-state index < -0.39 is 16.5 Å². The van der Waals surface area contributed by atoms with Crippen molar-refractivity contribution in [3.63, 3.8) is 0 Å². The lowest BCUT2D eigenvalue weighted by molar-refractivity contribution is -0.113. The summed E-state index contributed by atoms with van der Waals surface area (Å²) in [4.78, 5) is 11.9. The number of carbonyl (C=O) groups is 1. The lowest BCUT2D eigenvalue weighted by Crippen LogP contribution is -2.56. The van der Waals surface area contributed by atoms with Crippen LogP contribution in [0.2, 0.25) is 39.3 Å². The summed E-state index contributed by atoms with van der Waals surface area (Å²) in [6, 6.07) is 0. The molecule has 1 aliphatic carbocycles. The highest BCUT2D eigenvalue weighted by Crippen LogP contribution is 2.22. The second-order valence-corrected chi connectivity index (χ2v) is 16.8. The molecule has 0 aliphatic heterocycles. The van der Waals surface area contributed by atoms with Gasteiger partial charge in [0.05, 0.1) is 0 Å². The third-order valence-corrected chi connectivity index (χ3v) is 9.65. The predicted molar refractivity (Wildman–Crippen MR) is 79.4 cm³/mol. The summed E-state index contributed by atoms with van der Waals surface area (Å²) < 4.78 is 2.35. The number of ketones is 1. The van der Waals surface area contributed by atoms with Gasteiger partial charge in [-0.15, -0.1) is 0 Å². The SMILES string of the molecule is C[Si](C)(C)N(N=C1CCCCC1=O)[Si](C)(C)C. The number of carbonyl (C=O) groups excluding carboxylic acids is 1. The fourth-order valence-electron chi connectivity index (χ4n) is 2.39. The molecule has 1 fully saturated rings. The average molecular weight is 271 g/mol. The molecule has 0 spiro atoms. The van der Waals surface area contributed by atoms with Gasteiger partial charge in [0.25, 0.3) is 0 Å². The standard InChI is InChI=1S/C12H26N2OSi2/c1-16(2,3)14(17(4,5)6)13-11-9-7-8-10-12(11)15/h7-10H2,1-6H3. The van der Waals surface area contributed by atoms with Crippen molar-refractivity contribution in [3.05, 3.63) is 0 Å². The van der Waals surface area contributed by atoms with E-state index in [1.807, 2.05) is 0 Å². The molecule has 3 nitrogen and oxygen atoms in total. The lowest BCUT2D eigenvalue weighted by Gasteiger charge is -2.42. The maximum atomic E-state index is 11.9. The smallest absolute Gasteiger partial charge is 0.178 e. The molecule has 0 aromatic heterocycles. The Hall–Kier alpha value is -0.426. The number of Topliss-reactive ketones (excluding diaryl/α,β-unsaturated/α-hetero) is 1. The Kier molecular flexibility index (Phi) is 4.35. The van der Waals surface area contributed by atoms with E-state index in [-0.39, 0.29) is 5.78 Å². The van der Waals surface area contributed by atoms with Crippen LogP contribution in [0.25, 0.3) is 0 Å². The number of nitrogens with zero attached hydrogens (tertiary/aromatic N) is 2. The molecule has 98 valence electrons. The van der Waals surface area contributed by atoms with Crippen LogP contribution in [0.1, 0.15) is 25.7 Å². The molecular formula is C12H26N2OSi2. The van der Waals surface area contributed by atoms with Crippen LogP contribution in [-0.4, -0.2) is 32.3 Å². The first kappa shape index (κ1) is 14.6. The molecule has 0 heterocycles. The van der Waals surface area contributed by atoms with E-state index in [2.05, 4.69) is 43.6 Å². The molecule has 5 heteroatoms. The van der Waals surface area contributed by atoms with Crippen molar-refractivity contribution in [3.8, 4) is 0 Å². The molecule has 1 saturated carbocycles. The molecule has 0 unspecified atom stereocenters. The fraction of sp³-hybridized carbons (Fsp3) is 0.833. The van der Waals surface area contributed by atoms with Crippen LogP contribution in [0.4, 0.5) is 0 Å². The van der Waals surface area contributed by atoms with Crippen molar-refractivity contribution in [2.45, 2.75) is 65.0 Å². The van der Waals surface area contributed by atoms with Gasteiger partial charge in [0, 0.05) is 6.42 Å². The molecule has 0 aromatic rings. The molecule has 0 radical (unpaired) electrons. The van der Waals surface area contributed by atoms with Gasteiger partial charge in [0.1, 0.15) is 5.71 Å². The second-order valence-electron chi connectivity index (χ2n) is 6.83. The van der Waals surface area contributed by atoms with Crippen LogP contribution in [0.15, 0.2) is 5.10 Å². The molecule has 1 rings (SSSR count). The van der Waals surface area contributed by atoms with Gasteiger partial charge >= 0.3 is 0 Å². The topological polar surface area (TPSA) is 32.7 Å². The Labute approximate surface area is 107 Å². The van der Waals surface area contributed by atoms with E-state index in [1.54, 1.807) is 0 Å². The highest BCUT2D eigenvalue weighted by molar-refractivity contribution is 6.89. The lowest BCUT2D eigenvalue weighted by atomic mass is 9.97. The summed E-state index contributed by atoms with van der Waals surface area (Å²) in [5, 5.41) is 4.78. The summed E-state index contributed by atoms with van der Waals surface area (Å²) in [5.74, 6) is 0.276. The van der Waals surface area contributed by atoms with Gasteiger partial charge in [0.2, 0.25) is 0 Å². The van der Waals surface area contributed by atoms with Crippen LogP contribution in [0, 0.1) is 0 Å². The van der Waals surface area contributed by atoms with Gasteiger partial charge in [-0.25, -0.2) is 0 Å². The Bertz CT molecular complexity index is 312. The number of hydrogen-bond acceptors (Lipinski definition) is 3. The molecule has 17 heavy (non-hydrogen) atoms. The van der Waals surface area contributed by atoms with Gasteiger partial charge in [-0.05, 0) is 19.3 Å². The summed E-state index contributed by atoms with van der Waals surface area (Å²) in [6.07, 6.45) is 3.74. The van der Waals surface area contributed by atoms with Crippen molar-refractivity contribution < 1.29 is 4.79 Å². The Morgan fingerprint density at radius 1 is 0.941 bits per heavy atom. The minimum atomic E-state index is -1.48. The zero-order chi connectivity index (χ0) is 13.3.